The largest absolute Gasteiger partial charge is 0.480 e. The second kappa shape index (κ2) is 9.09. The Kier molecular flexibility index (Phi) is 6.85. The van der Waals surface area contributed by atoms with Crippen LogP contribution in [0.25, 0.3) is 0 Å². The van der Waals surface area contributed by atoms with Crippen LogP contribution in [-0.2, 0) is 25.7 Å². The van der Waals surface area contributed by atoms with Gasteiger partial charge in [0.1, 0.15) is 0 Å². The van der Waals surface area contributed by atoms with Crippen LogP contribution in [0.15, 0.2) is 60.7 Å². The number of rotatable bonds is 9. The highest BCUT2D eigenvalue weighted by molar-refractivity contribution is 6.24. The molecule has 0 aromatic heterocycles. The fraction of sp³-hybridized carbons (Fsp3) is 0.286. The zero-order chi connectivity index (χ0) is 19.9. The zero-order valence-corrected chi connectivity index (χ0v) is 15.4. The molecule has 0 spiro atoms. The first-order chi connectivity index (χ1) is 12.9. The summed E-state index contributed by atoms with van der Waals surface area (Å²) in [5.74, 6) is -2.94. The van der Waals surface area contributed by atoms with Crippen molar-refractivity contribution in [2.45, 2.75) is 20.0 Å². The summed E-state index contributed by atoms with van der Waals surface area (Å²) in [6.45, 7) is 1.51. The number of Topliss-reactive ketones (excluding diaryl/α,β-unsaturated/α-hetero) is 1. The number of ketones is 1. The Morgan fingerprint density at radius 3 is 2.11 bits per heavy atom. The number of hydrogen-bond donors (Lipinski definition) is 1. The lowest BCUT2D eigenvalue weighted by Crippen LogP contribution is -2.51. The molecule has 1 N–H and O–H groups in total. The van der Waals surface area contributed by atoms with Gasteiger partial charge in [-0.25, -0.2) is 0 Å². The minimum Gasteiger partial charge on any atom is -0.480 e. The summed E-state index contributed by atoms with van der Waals surface area (Å²) < 4.78 is 5.45. The van der Waals surface area contributed by atoms with Crippen LogP contribution in [0.1, 0.15) is 18.9 Å². The first kappa shape index (κ1) is 20.3. The number of anilines is 1. The van der Waals surface area contributed by atoms with Crippen LogP contribution in [0.5, 0.6) is 0 Å². The predicted octanol–water partition coefficient (Wildman–Crippen LogP) is 2.92. The van der Waals surface area contributed by atoms with Crippen molar-refractivity contribution in [2.24, 2.45) is 5.41 Å². The Bertz CT molecular complexity index is 791. The molecule has 27 heavy (non-hydrogen) atoms. The van der Waals surface area contributed by atoms with Gasteiger partial charge in [-0.05, 0) is 24.6 Å². The van der Waals surface area contributed by atoms with Gasteiger partial charge in [0.05, 0.1) is 13.2 Å². The number of nitrogens with zero attached hydrogens (tertiary/aromatic N) is 1. The Labute approximate surface area is 158 Å². The summed E-state index contributed by atoms with van der Waals surface area (Å²) >= 11 is 0. The topological polar surface area (TPSA) is 83.9 Å². The van der Waals surface area contributed by atoms with E-state index >= 15 is 0 Å². The maximum atomic E-state index is 12.8. The summed E-state index contributed by atoms with van der Waals surface area (Å²) in [4.78, 5) is 38.3. The smallest absolute Gasteiger partial charge is 0.326 e. The van der Waals surface area contributed by atoms with Gasteiger partial charge in [-0.3, -0.25) is 14.4 Å². The zero-order valence-electron chi connectivity index (χ0n) is 15.4. The summed E-state index contributed by atoms with van der Waals surface area (Å²) in [7, 11) is 1.46. The number of amides is 1. The highest BCUT2D eigenvalue weighted by Gasteiger charge is 2.49. The quantitative estimate of drug-likeness (QED) is 0.543. The number of carbonyl (C=O) groups is 3. The SMILES string of the molecule is CN(C(=O)C(C)(C(=O)O)C(=O)CCOCc1ccccc1)c1ccccc1. The van der Waals surface area contributed by atoms with Gasteiger partial charge in [0.15, 0.2) is 5.78 Å². The predicted molar refractivity (Wildman–Crippen MR) is 101 cm³/mol. The number of benzene rings is 2. The van der Waals surface area contributed by atoms with Crippen molar-refractivity contribution in [3.05, 3.63) is 66.2 Å². The Morgan fingerprint density at radius 1 is 1.00 bits per heavy atom. The van der Waals surface area contributed by atoms with Gasteiger partial charge in [0.2, 0.25) is 5.41 Å². The average molecular weight is 369 g/mol. The van der Waals surface area contributed by atoms with Gasteiger partial charge in [0, 0.05) is 19.2 Å². The fourth-order valence-corrected chi connectivity index (χ4v) is 2.61. The van der Waals surface area contributed by atoms with Crippen molar-refractivity contribution in [1.82, 2.24) is 0 Å². The molecular formula is C21H23NO5. The molecule has 0 saturated carbocycles. The van der Waals surface area contributed by atoms with E-state index in [9.17, 15) is 19.5 Å². The molecular weight excluding hydrogens is 346 g/mol. The van der Waals surface area contributed by atoms with Gasteiger partial charge < -0.3 is 14.7 Å². The molecule has 0 saturated heterocycles. The molecule has 1 amide bonds. The number of hydrogen-bond acceptors (Lipinski definition) is 4. The van der Waals surface area contributed by atoms with Crippen LogP contribution in [0, 0.1) is 5.41 Å². The minimum atomic E-state index is -2.17. The first-order valence-electron chi connectivity index (χ1n) is 8.59. The fourth-order valence-electron chi connectivity index (χ4n) is 2.61. The summed E-state index contributed by atoms with van der Waals surface area (Å²) in [5.41, 5.74) is -0.699. The van der Waals surface area contributed by atoms with Gasteiger partial charge >= 0.3 is 5.97 Å². The number of carboxylic acid groups (broad SMARTS) is 1. The number of para-hydroxylation sites is 1. The molecule has 1 unspecified atom stereocenters. The number of ether oxygens (including phenoxy) is 1. The molecule has 0 radical (unpaired) electrons. The minimum absolute atomic E-state index is 0.0406. The molecule has 0 bridgehead atoms. The van der Waals surface area contributed by atoms with Crippen LogP contribution < -0.4 is 4.90 Å². The maximum Gasteiger partial charge on any atom is 0.326 e. The van der Waals surface area contributed by atoms with E-state index in [1.165, 1.54) is 11.9 Å². The molecule has 0 heterocycles. The van der Waals surface area contributed by atoms with E-state index in [-0.39, 0.29) is 13.0 Å². The summed E-state index contributed by atoms with van der Waals surface area (Å²) in [6, 6.07) is 18.0. The Hall–Kier alpha value is -2.99. The van der Waals surface area contributed by atoms with E-state index in [0.717, 1.165) is 12.5 Å². The van der Waals surface area contributed by atoms with E-state index in [1.54, 1.807) is 30.3 Å². The van der Waals surface area contributed by atoms with Gasteiger partial charge in [-0.2, -0.15) is 0 Å². The standard InChI is InChI=1S/C21H23NO5/c1-21(20(25)26,19(24)22(2)17-11-7-4-8-12-17)18(23)13-14-27-15-16-9-5-3-6-10-16/h3-12H,13-15H2,1-2H3,(H,25,26). The Balaban J connectivity index is 2.02. The lowest BCUT2D eigenvalue weighted by atomic mass is 9.82. The van der Waals surface area contributed by atoms with E-state index in [0.29, 0.717) is 12.3 Å². The maximum absolute atomic E-state index is 12.8. The molecule has 6 nitrogen and oxygen atoms in total. The molecule has 0 fully saturated rings. The molecule has 2 aromatic rings. The first-order valence-corrected chi connectivity index (χ1v) is 8.59. The molecule has 6 heteroatoms. The molecule has 0 aliphatic carbocycles. The second-order valence-electron chi connectivity index (χ2n) is 6.34. The van der Waals surface area contributed by atoms with E-state index in [1.807, 2.05) is 30.3 Å². The van der Waals surface area contributed by atoms with Gasteiger partial charge in [0.25, 0.3) is 5.91 Å². The van der Waals surface area contributed by atoms with E-state index < -0.39 is 23.1 Å². The molecule has 1 atom stereocenters. The van der Waals surface area contributed by atoms with Crippen molar-refractivity contribution < 1.29 is 24.2 Å². The lowest BCUT2D eigenvalue weighted by molar-refractivity contribution is -0.158. The van der Waals surface area contributed by atoms with E-state index in [4.69, 9.17) is 4.74 Å². The highest BCUT2D eigenvalue weighted by atomic mass is 16.5. The van der Waals surface area contributed by atoms with Crippen LogP contribution in [0.3, 0.4) is 0 Å². The number of aliphatic carboxylic acids is 1. The van der Waals surface area contributed by atoms with Crippen molar-refractivity contribution in [2.75, 3.05) is 18.6 Å². The van der Waals surface area contributed by atoms with Crippen molar-refractivity contribution >= 4 is 23.3 Å². The Morgan fingerprint density at radius 2 is 1.56 bits per heavy atom. The van der Waals surface area contributed by atoms with Crippen molar-refractivity contribution in [3.63, 3.8) is 0 Å². The third-order valence-electron chi connectivity index (χ3n) is 4.45. The average Bonchev–Trinajstić information content (AvgIpc) is 2.70. The summed E-state index contributed by atoms with van der Waals surface area (Å²) in [5, 5.41) is 9.59. The molecule has 2 aromatic carbocycles. The third kappa shape index (κ3) is 4.80. The molecule has 0 aliphatic heterocycles. The molecule has 0 aliphatic rings. The van der Waals surface area contributed by atoms with Crippen LogP contribution in [0.2, 0.25) is 0 Å². The van der Waals surface area contributed by atoms with Crippen LogP contribution in [-0.4, -0.2) is 36.4 Å². The van der Waals surface area contributed by atoms with Gasteiger partial charge in [-0.15, -0.1) is 0 Å². The number of carbonyl (C=O) groups excluding carboxylic acids is 2. The normalized spacial score (nSPS) is 12.8. The summed E-state index contributed by atoms with van der Waals surface area (Å²) in [6.07, 6.45) is -0.163. The monoisotopic (exact) mass is 369 g/mol. The van der Waals surface area contributed by atoms with E-state index in [2.05, 4.69) is 0 Å². The molecule has 142 valence electrons. The van der Waals surface area contributed by atoms with Crippen molar-refractivity contribution in [3.8, 4) is 0 Å². The van der Waals surface area contributed by atoms with Crippen molar-refractivity contribution in [1.29, 1.82) is 0 Å². The highest BCUT2D eigenvalue weighted by Crippen LogP contribution is 2.26. The lowest BCUT2D eigenvalue weighted by Gasteiger charge is -2.28. The third-order valence-corrected chi connectivity index (χ3v) is 4.45. The van der Waals surface area contributed by atoms with Gasteiger partial charge in [-0.1, -0.05) is 48.5 Å². The van der Waals surface area contributed by atoms with Crippen LogP contribution in [0.4, 0.5) is 5.69 Å². The number of carboxylic acids is 1. The molecule has 2 rings (SSSR count). The second-order valence-corrected chi connectivity index (χ2v) is 6.34. The van der Waals surface area contributed by atoms with Crippen LogP contribution >= 0.6 is 0 Å².